The van der Waals surface area contributed by atoms with E-state index in [9.17, 15) is 28.8 Å². The Morgan fingerprint density at radius 1 is 0.492 bits per heavy atom. The van der Waals surface area contributed by atoms with Gasteiger partial charge in [-0.3, -0.25) is 67.9 Å². The molecule has 6 aliphatic rings. The first-order chi connectivity index (χ1) is 64.2. The van der Waals surface area contributed by atoms with Gasteiger partial charge in [0.2, 0.25) is 23.6 Å². The van der Waals surface area contributed by atoms with Crippen LogP contribution in [-0.4, -0.2) is 141 Å². The molecule has 4 aromatic carbocycles. The number of thiophene rings is 2. The maximum absolute atomic E-state index is 13.1. The first-order valence-electron chi connectivity index (χ1n) is 38.2. The van der Waals surface area contributed by atoms with E-state index >= 15 is 0 Å². The summed E-state index contributed by atoms with van der Waals surface area (Å²) in [5, 5.41) is 48.7. The number of terminal acetylenes is 1. The van der Waals surface area contributed by atoms with E-state index in [2.05, 4.69) is 148 Å². The topological polar surface area (TPSA) is 305 Å². The van der Waals surface area contributed by atoms with Crippen molar-refractivity contribution in [3.8, 4) is 34.2 Å². The molecule has 4 N–H and O–H groups in total. The number of aromatic nitrogens is 12. The summed E-state index contributed by atoms with van der Waals surface area (Å²) in [5.41, 5.74) is 14.2. The van der Waals surface area contributed by atoms with Gasteiger partial charge in [-0.05, 0) is 166 Å². The number of aliphatic imine (C=N–C) groups is 2. The molecule has 2 fully saturated rings. The lowest BCUT2D eigenvalue weighted by Crippen LogP contribution is -2.52. The van der Waals surface area contributed by atoms with Crippen molar-refractivity contribution in [2.75, 3.05) is 23.7 Å². The summed E-state index contributed by atoms with van der Waals surface area (Å²) in [6.07, 6.45) is 13.6. The second kappa shape index (κ2) is 55.4. The highest BCUT2D eigenvalue weighted by atomic mass is 127. The first-order valence-corrected chi connectivity index (χ1v) is 75.0. The van der Waals surface area contributed by atoms with Crippen molar-refractivity contribution in [2.45, 2.75) is 130 Å². The Morgan fingerprint density at radius 3 is 1.29 bits per heavy atom. The van der Waals surface area contributed by atoms with Crippen LogP contribution in [0.3, 0.4) is 0 Å². The summed E-state index contributed by atoms with van der Waals surface area (Å²) in [5.74, 6) is 10.6. The summed E-state index contributed by atoms with van der Waals surface area (Å²) >= 11 is 36.7. The number of nitrogens with zero attached hydrogens (tertiary/aromatic N) is 16. The summed E-state index contributed by atoms with van der Waals surface area (Å²) in [6, 6.07) is 25.5. The molecule has 6 aromatic heterocycles. The maximum Gasteiger partial charge on any atom is 0.255 e. The fraction of sp³-hybridized carbons (Fsp3) is 0.297. The zero-order valence-electron chi connectivity index (χ0n) is 68.4. The number of hydrogen-bond acceptors (Lipinski definition) is 24. The quantitative estimate of drug-likeness (QED) is 0.0302. The molecule has 132 heavy (non-hydrogen) atoms. The molecule has 26 nitrogen and oxygen atoms in total. The van der Waals surface area contributed by atoms with Crippen LogP contribution in [0.5, 0.6) is 0 Å². The molecule has 0 spiro atoms. The smallest absolute Gasteiger partial charge is 0.255 e. The van der Waals surface area contributed by atoms with Crippen LogP contribution >= 0.6 is 68.5 Å². The zero-order chi connectivity index (χ0) is 93.4. The van der Waals surface area contributed by atoms with Gasteiger partial charge in [-0.2, -0.15) is 0 Å². The second-order valence-corrected chi connectivity index (χ2v) is 72.6. The van der Waals surface area contributed by atoms with E-state index in [0.29, 0.717) is 79.6 Å². The Bertz CT molecular complexity index is 7440. The molecule has 6 aliphatic heterocycles. The number of benzene rings is 4. The van der Waals surface area contributed by atoms with E-state index in [1.807, 2.05) is 92.8 Å². The van der Waals surface area contributed by atoms with Crippen molar-refractivity contribution in [1.82, 2.24) is 80.0 Å². The number of carbonyl (C=O) groups is 6. The Labute approximate surface area is 875 Å². The second-order valence-electron chi connectivity index (χ2n) is 27.2. The molecule has 0 radical (unpaired) electrons. The van der Waals surface area contributed by atoms with E-state index in [4.69, 9.17) is 62.0 Å². The molecule has 0 saturated carbocycles. The van der Waals surface area contributed by atoms with E-state index in [1.165, 1.54) is 49.5 Å². The van der Waals surface area contributed by atoms with Crippen molar-refractivity contribution in [1.29, 1.82) is 0 Å². The minimum absolute atomic E-state index is 0.168. The molecular weight excluding hydrogens is 2390 g/mol. The maximum atomic E-state index is 13.1. The number of rotatable bonds is 16. The average molecular weight is 2460 g/mol. The predicted octanol–water partition coefficient (Wildman–Crippen LogP) is 10.00. The van der Waals surface area contributed by atoms with Gasteiger partial charge in [0.15, 0.2) is 23.0 Å². The van der Waals surface area contributed by atoms with Crippen molar-refractivity contribution in [2.24, 2.45) is 9.98 Å². The van der Waals surface area contributed by atoms with Crippen LogP contribution in [0, 0.1) is 54.8 Å². The molecule has 12 heterocycles. The standard InChI is InChI=1S/C37H33ClN10O3S.C21H22N6O3.C16H12ClIN4S.S18.S9/c1-21-30(52-37-33(21)34(23-8-10-24(38)11-9-23)40-18-31-44-42-22(2)48(31)37)14-12-25-19-46(45-43-25)17-4-3-16-39-28-7-5-6-26-27(28)20-47(36(26)51)29-13-15-32(49)41-35(29)50;1-2-14-12-26(25-24-14)11-4-3-10-22-17-7-5-6-15-16(17)13-27(21(15)30)18-8-9-19(28)23-20(18)29;1-8-13-14(10-3-5-11(17)6-4-10)19-7-12-21-20-9(2)22(12)16(13)23-15(8)18;1-3-5-7-9-11-13-15-17-18-16-14-12-10-8-6-4-2;1-3-5-7-9-8-6-4-2/h5-11,19,29,39H,3-4,13,15-18,20H2,1-2H3,(H,41,49,50);1,5-7,12,18,22H,3-4,8-11,13H2,(H,23,28,29);3-6H,7H2,1-2H3;;. The summed E-state index contributed by atoms with van der Waals surface area (Å²) in [6.45, 7) is 12.6. The Balaban J connectivity index is 0.000000167. The van der Waals surface area contributed by atoms with E-state index in [0.717, 1.165) is 138 Å². The lowest BCUT2D eigenvalue weighted by Gasteiger charge is -2.29. The van der Waals surface area contributed by atoms with Crippen LogP contribution in [0.15, 0.2) is 107 Å². The van der Waals surface area contributed by atoms with Crippen LogP contribution in [0.1, 0.15) is 156 Å². The molecule has 694 valence electrons. The number of aryl methyl sites for hydroxylation is 4. The van der Waals surface area contributed by atoms with Gasteiger partial charge in [0.1, 0.15) is 46.8 Å². The van der Waals surface area contributed by atoms with Crippen LogP contribution in [0.25, 0.3) is 10.0 Å². The number of piperidine rings is 2. The molecule has 58 heteroatoms. The SMILES string of the molecule is C#Cc1cn(CCCCNc2cccc3c2CN(C2CCC(=O)NC2=O)C3=O)nn1.Cc1c(C#Cc2cn(CCCCNc3cccc4c3CN(C3CCC(=O)NC3=O)C4=O)nn2)sc2c1C(c1ccc(Cl)cc1)=NCc1nnc(C)n1-2.Cc1c(I)sc2c1C(c1ccc(Cl)cc1)=NCc1nnc(C)n1-2.S=S=S=S=S=S=S=S=S.S=S=S=S=S=S=S=S=S=S=S=S=S=S=S=S=S=S. The number of nitrogens with one attached hydrogen (secondary N) is 4. The van der Waals surface area contributed by atoms with Gasteiger partial charge in [-0.15, -0.1) is 59.7 Å². The highest BCUT2D eigenvalue weighted by Crippen LogP contribution is 2.40. The van der Waals surface area contributed by atoms with Crippen LogP contribution in [-0.2, 0) is 307 Å². The minimum atomic E-state index is -0.637. The number of anilines is 2. The number of imide groups is 2. The number of fused-ring (bicyclic) bond motifs is 8. The fourth-order valence-corrected chi connectivity index (χ4v) is 69.3. The van der Waals surface area contributed by atoms with E-state index in [1.54, 1.807) is 229 Å². The Kier molecular flexibility index (Phi) is 44.6. The van der Waals surface area contributed by atoms with Gasteiger partial charge >= 0.3 is 0 Å². The lowest BCUT2D eigenvalue weighted by atomic mass is 10.00. The van der Waals surface area contributed by atoms with Gasteiger partial charge in [-0.1, -0.05) is 70.0 Å². The van der Waals surface area contributed by atoms with Crippen LogP contribution in [0.2, 0.25) is 10.0 Å². The van der Waals surface area contributed by atoms with Gasteiger partial charge in [-0.25, -0.2) is 0 Å². The third-order valence-electron chi connectivity index (χ3n) is 19.4. The Hall–Kier alpha value is -4.63. The fourth-order valence-electron chi connectivity index (χ4n) is 13.7. The lowest BCUT2D eigenvalue weighted by molar-refractivity contribution is -0.138. The minimum Gasteiger partial charge on any atom is -0.385 e. The predicted molar refractivity (Wildman–Crippen MR) is 605 cm³/mol. The number of amides is 6. The third kappa shape index (κ3) is 29.7. The molecule has 0 aliphatic carbocycles. The van der Waals surface area contributed by atoms with Crippen molar-refractivity contribution >= 4 is 376 Å². The van der Waals surface area contributed by atoms with Crippen molar-refractivity contribution in [3.63, 3.8) is 0 Å². The summed E-state index contributed by atoms with van der Waals surface area (Å²) in [7, 11) is 38.1. The summed E-state index contributed by atoms with van der Waals surface area (Å²) in [4.78, 5) is 87.4. The Morgan fingerprint density at radius 2 is 0.886 bits per heavy atom. The number of unbranched alkanes of at least 4 members (excludes halogenated alkanes) is 2. The van der Waals surface area contributed by atoms with E-state index in [-0.39, 0.29) is 36.5 Å². The first kappa shape index (κ1) is 106. The number of halogens is 3. The van der Waals surface area contributed by atoms with Crippen LogP contribution < -0.4 is 21.3 Å². The zero-order valence-corrected chi connectivity index (χ0v) is 95.7. The van der Waals surface area contributed by atoms with Gasteiger partial charge in [0.25, 0.3) is 11.8 Å². The monoisotopic (exact) mass is 2460 g/mol. The highest BCUT2D eigenvalue weighted by molar-refractivity contribution is 14.1. The van der Waals surface area contributed by atoms with Gasteiger partial charge < -0.3 is 20.4 Å². The van der Waals surface area contributed by atoms with Crippen LogP contribution in [0.4, 0.5) is 11.4 Å². The molecule has 2 unspecified atom stereocenters. The summed E-state index contributed by atoms with van der Waals surface area (Å²) < 4.78 is 8.98. The molecule has 10 aromatic rings. The van der Waals surface area contributed by atoms with E-state index < -0.39 is 23.9 Å². The van der Waals surface area contributed by atoms with Crippen molar-refractivity contribution in [3.05, 3.63) is 205 Å². The number of hydrogen-bond donors (Lipinski definition) is 4. The normalized spacial score (nSPS) is 14.3. The van der Waals surface area contributed by atoms with Crippen molar-refractivity contribution < 1.29 is 28.8 Å². The van der Waals surface area contributed by atoms with Gasteiger partial charge in [0, 0.05) is 367 Å². The largest absolute Gasteiger partial charge is 0.385 e. The molecule has 0 bridgehead atoms. The molecule has 2 saturated heterocycles. The van der Waals surface area contributed by atoms with Gasteiger partial charge in [0.05, 0.1) is 31.6 Å². The molecule has 2 atom stereocenters. The molecule has 6 amide bonds. The molecule has 16 rings (SSSR count). The molecular formula is C74H67Cl2IN20O6S29. The number of carbonyl (C=O) groups excluding carboxylic acids is 6. The average Bonchev–Trinajstić information content (AvgIpc) is 1.62. The third-order valence-corrected chi connectivity index (χ3v) is 70.3. The highest BCUT2D eigenvalue weighted by Gasteiger charge is 2.42.